The standard InChI is InChI=1S/C11H18N4O/c1-11(2,3)14-7-6-12-10-5-4-9(15-16)8-13-10/h4-5,8,14H,6-7H2,1-3H3,(H,12,13). The molecule has 0 atom stereocenters. The van der Waals surface area contributed by atoms with Crippen molar-refractivity contribution in [1.29, 1.82) is 0 Å². The molecule has 0 amide bonds. The molecule has 1 aromatic rings. The fourth-order valence-corrected chi connectivity index (χ4v) is 1.17. The number of hydrogen-bond donors (Lipinski definition) is 2. The molecule has 5 heteroatoms. The Morgan fingerprint density at radius 1 is 1.31 bits per heavy atom. The van der Waals surface area contributed by atoms with Crippen LogP contribution in [0.5, 0.6) is 0 Å². The summed E-state index contributed by atoms with van der Waals surface area (Å²) in [7, 11) is 0. The van der Waals surface area contributed by atoms with Gasteiger partial charge in [-0.1, -0.05) is 0 Å². The Bertz CT molecular complexity index is 329. The Morgan fingerprint density at radius 3 is 2.56 bits per heavy atom. The molecule has 16 heavy (non-hydrogen) atoms. The summed E-state index contributed by atoms with van der Waals surface area (Å²) in [6, 6.07) is 3.38. The summed E-state index contributed by atoms with van der Waals surface area (Å²) in [5.41, 5.74) is 0.471. The van der Waals surface area contributed by atoms with Crippen molar-refractivity contribution < 1.29 is 0 Å². The van der Waals surface area contributed by atoms with Gasteiger partial charge in [-0.25, -0.2) is 4.98 Å². The predicted octanol–water partition coefficient (Wildman–Crippen LogP) is 2.28. The van der Waals surface area contributed by atoms with E-state index in [1.165, 1.54) is 6.20 Å². The van der Waals surface area contributed by atoms with Crippen LogP contribution in [0.3, 0.4) is 0 Å². The van der Waals surface area contributed by atoms with Gasteiger partial charge in [0.05, 0.1) is 6.20 Å². The number of pyridine rings is 1. The van der Waals surface area contributed by atoms with Crippen LogP contribution in [0.25, 0.3) is 0 Å². The van der Waals surface area contributed by atoms with Crippen molar-refractivity contribution in [2.75, 3.05) is 18.4 Å². The van der Waals surface area contributed by atoms with Gasteiger partial charge >= 0.3 is 0 Å². The summed E-state index contributed by atoms with van der Waals surface area (Å²) in [5.74, 6) is 0.753. The lowest BCUT2D eigenvalue weighted by Gasteiger charge is -2.20. The third-order valence-electron chi connectivity index (χ3n) is 1.94. The first-order valence-electron chi connectivity index (χ1n) is 5.29. The molecular formula is C11H18N4O. The second kappa shape index (κ2) is 5.55. The van der Waals surface area contributed by atoms with Gasteiger partial charge in [0, 0.05) is 18.6 Å². The largest absolute Gasteiger partial charge is 0.369 e. The average molecular weight is 222 g/mol. The van der Waals surface area contributed by atoms with Crippen LogP contribution >= 0.6 is 0 Å². The van der Waals surface area contributed by atoms with Crippen LogP contribution < -0.4 is 10.6 Å². The zero-order valence-corrected chi connectivity index (χ0v) is 9.95. The van der Waals surface area contributed by atoms with E-state index in [1.807, 2.05) is 0 Å². The minimum atomic E-state index is 0.125. The molecular weight excluding hydrogens is 204 g/mol. The van der Waals surface area contributed by atoms with Gasteiger partial charge in [-0.2, -0.15) is 0 Å². The first-order valence-corrected chi connectivity index (χ1v) is 5.29. The molecule has 0 unspecified atom stereocenters. The van der Waals surface area contributed by atoms with Crippen LogP contribution in [0.15, 0.2) is 23.5 Å². The maximum absolute atomic E-state index is 10.2. The first kappa shape index (κ1) is 12.6. The van der Waals surface area contributed by atoms with Crippen LogP contribution in [-0.4, -0.2) is 23.6 Å². The molecule has 1 aromatic heterocycles. The molecule has 0 saturated carbocycles. The lowest BCUT2D eigenvalue weighted by atomic mass is 10.1. The van der Waals surface area contributed by atoms with E-state index in [2.05, 4.69) is 41.6 Å². The van der Waals surface area contributed by atoms with Crippen molar-refractivity contribution in [2.45, 2.75) is 26.3 Å². The fourth-order valence-electron chi connectivity index (χ4n) is 1.17. The number of nitrogens with one attached hydrogen (secondary N) is 2. The number of rotatable bonds is 5. The van der Waals surface area contributed by atoms with E-state index in [4.69, 9.17) is 0 Å². The number of aromatic nitrogens is 1. The summed E-state index contributed by atoms with van der Waals surface area (Å²) < 4.78 is 0. The second-order valence-corrected chi connectivity index (χ2v) is 4.60. The molecule has 0 aromatic carbocycles. The van der Waals surface area contributed by atoms with Gasteiger partial charge in [-0.3, -0.25) is 0 Å². The minimum absolute atomic E-state index is 0.125. The van der Waals surface area contributed by atoms with E-state index in [1.54, 1.807) is 12.1 Å². The average Bonchev–Trinajstić information content (AvgIpc) is 2.24. The van der Waals surface area contributed by atoms with Gasteiger partial charge in [0.15, 0.2) is 0 Å². The molecule has 0 spiro atoms. The molecule has 0 aliphatic heterocycles. The van der Waals surface area contributed by atoms with E-state index in [0.29, 0.717) is 5.69 Å². The molecule has 88 valence electrons. The Balaban J connectivity index is 2.29. The molecule has 0 aliphatic carbocycles. The van der Waals surface area contributed by atoms with Crippen LogP contribution in [-0.2, 0) is 0 Å². The van der Waals surface area contributed by atoms with Crippen molar-refractivity contribution in [3.63, 3.8) is 0 Å². The molecule has 1 rings (SSSR count). The van der Waals surface area contributed by atoms with Crippen molar-refractivity contribution in [3.8, 4) is 0 Å². The zero-order chi connectivity index (χ0) is 12.0. The number of anilines is 1. The fraction of sp³-hybridized carbons (Fsp3) is 0.545. The second-order valence-electron chi connectivity index (χ2n) is 4.60. The van der Waals surface area contributed by atoms with Gasteiger partial charge in [0.1, 0.15) is 11.5 Å². The zero-order valence-electron chi connectivity index (χ0n) is 9.95. The van der Waals surface area contributed by atoms with Gasteiger partial charge in [0.2, 0.25) is 0 Å². The Hall–Kier alpha value is -1.49. The third-order valence-corrected chi connectivity index (χ3v) is 1.94. The molecule has 0 saturated heterocycles. The number of nitroso groups, excluding NO2 is 1. The highest BCUT2D eigenvalue weighted by atomic mass is 16.3. The predicted molar refractivity (Wildman–Crippen MR) is 65.9 cm³/mol. The molecule has 0 radical (unpaired) electrons. The Labute approximate surface area is 95.6 Å². The normalized spacial score (nSPS) is 11.2. The van der Waals surface area contributed by atoms with Crippen LogP contribution in [0.4, 0.5) is 11.5 Å². The monoisotopic (exact) mass is 222 g/mol. The third kappa shape index (κ3) is 4.84. The summed E-state index contributed by atoms with van der Waals surface area (Å²) >= 11 is 0. The van der Waals surface area contributed by atoms with Crippen LogP contribution in [0, 0.1) is 4.91 Å². The van der Waals surface area contributed by atoms with Crippen LogP contribution in [0.2, 0.25) is 0 Å². The van der Waals surface area contributed by atoms with E-state index < -0.39 is 0 Å². The minimum Gasteiger partial charge on any atom is -0.369 e. The number of hydrogen-bond acceptors (Lipinski definition) is 5. The van der Waals surface area contributed by atoms with Crippen molar-refractivity contribution in [2.24, 2.45) is 5.18 Å². The van der Waals surface area contributed by atoms with Gasteiger partial charge < -0.3 is 10.6 Å². The topological polar surface area (TPSA) is 66.4 Å². The lowest BCUT2D eigenvalue weighted by molar-refractivity contribution is 0.435. The van der Waals surface area contributed by atoms with Gasteiger partial charge in [0.25, 0.3) is 0 Å². The summed E-state index contributed by atoms with van der Waals surface area (Å²) in [6.07, 6.45) is 1.45. The lowest BCUT2D eigenvalue weighted by Crippen LogP contribution is -2.38. The highest BCUT2D eigenvalue weighted by molar-refractivity contribution is 5.43. The van der Waals surface area contributed by atoms with Crippen molar-refractivity contribution in [1.82, 2.24) is 10.3 Å². The molecule has 0 fully saturated rings. The Kier molecular flexibility index (Phi) is 4.37. The molecule has 0 aliphatic rings. The summed E-state index contributed by atoms with van der Waals surface area (Å²) in [6.45, 7) is 8.01. The molecule has 1 heterocycles. The molecule has 2 N–H and O–H groups in total. The maximum Gasteiger partial charge on any atom is 0.126 e. The van der Waals surface area contributed by atoms with Gasteiger partial charge in [-0.15, -0.1) is 4.91 Å². The van der Waals surface area contributed by atoms with Gasteiger partial charge in [-0.05, 0) is 38.1 Å². The smallest absolute Gasteiger partial charge is 0.126 e. The summed E-state index contributed by atoms with van der Waals surface area (Å²) in [5, 5.41) is 9.29. The van der Waals surface area contributed by atoms with Crippen molar-refractivity contribution in [3.05, 3.63) is 23.2 Å². The summed E-state index contributed by atoms with van der Waals surface area (Å²) in [4.78, 5) is 14.2. The van der Waals surface area contributed by atoms with Crippen molar-refractivity contribution >= 4 is 11.5 Å². The first-order chi connectivity index (χ1) is 7.51. The quantitative estimate of drug-likeness (QED) is 0.592. The van der Waals surface area contributed by atoms with Crippen LogP contribution in [0.1, 0.15) is 20.8 Å². The molecule has 5 nitrogen and oxygen atoms in total. The SMILES string of the molecule is CC(C)(C)NCCNc1ccc(N=O)cn1. The maximum atomic E-state index is 10.2. The highest BCUT2D eigenvalue weighted by Crippen LogP contribution is 2.11. The van der Waals surface area contributed by atoms with E-state index in [0.717, 1.165) is 18.9 Å². The van der Waals surface area contributed by atoms with E-state index >= 15 is 0 Å². The van der Waals surface area contributed by atoms with E-state index in [9.17, 15) is 4.91 Å². The van der Waals surface area contributed by atoms with E-state index in [-0.39, 0.29) is 5.54 Å². The highest BCUT2D eigenvalue weighted by Gasteiger charge is 2.06. The molecule has 0 bridgehead atoms. The number of nitrogens with zero attached hydrogens (tertiary/aromatic N) is 2. The Morgan fingerprint density at radius 2 is 2.06 bits per heavy atom.